The number of aliphatic hydroxyl groups excluding tert-OH is 2. The number of para-hydroxylation sites is 1. The van der Waals surface area contributed by atoms with Gasteiger partial charge in [-0.15, -0.1) is 0 Å². The Morgan fingerprint density at radius 1 is 1.21 bits per heavy atom. The molecule has 0 aliphatic carbocycles. The minimum absolute atomic E-state index is 0.229. The van der Waals surface area contributed by atoms with Crippen molar-refractivity contribution in [2.45, 2.75) is 18.1 Å². The number of β-amino-alcohol motifs (C(OH)–C–C–N with tert-alkyl or cyclic N) is 1. The van der Waals surface area contributed by atoms with Gasteiger partial charge in [-0.25, -0.2) is 4.98 Å². The SMILES string of the molecule is O=c1[nH]c([C@@H]2CNC[C@@H](O)[C@@H]2O)nc2ccccc12. The molecule has 3 rings (SSSR count). The zero-order valence-electron chi connectivity index (χ0n) is 10.2. The smallest absolute Gasteiger partial charge is 0.258 e. The number of H-pyrrole nitrogens is 1. The summed E-state index contributed by atoms with van der Waals surface area (Å²) in [6.07, 6.45) is -1.78. The number of nitrogens with one attached hydrogen (secondary N) is 2. The van der Waals surface area contributed by atoms with Crippen molar-refractivity contribution >= 4 is 10.9 Å². The van der Waals surface area contributed by atoms with Gasteiger partial charge in [-0.1, -0.05) is 12.1 Å². The summed E-state index contributed by atoms with van der Waals surface area (Å²) in [6.45, 7) is 0.814. The van der Waals surface area contributed by atoms with Gasteiger partial charge in [-0.2, -0.15) is 0 Å². The predicted octanol–water partition coefficient (Wildman–Crippen LogP) is -0.668. The van der Waals surface area contributed by atoms with Crippen LogP contribution < -0.4 is 10.9 Å². The van der Waals surface area contributed by atoms with E-state index in [0.29, 0.717) is 29.8 Å². The van der Waals surface area contributed by atoms with Crippen molar-refractivity contribution in [2.24, 2.45) is 0 Å². The average molecular weight is 261 g/mol. The highest BCUT2D eigenvalue weighted by molar-refractivity contribution is 5.77. The first-order valence-electron chi connectivity index (χ1n) is 6.22. The van der Waals surface area contributed by atoms with Gasteiger partial charge in [-0.3, -0.25) is 4.79 Å². The Bertz CT molecular complexity index is 655. The molecule has 1 aromatic heterocycles. The van der Waals surface area contributed by atoms with Gasteiger partial charge >= 0.3 is 0 Å². The first-order chi connectivity index (χ1) is 9.16. The molecular weight excluding hydrogens is 246 g/mol. The Labute approximate surface area is 109 Å². The lowest BCUT2D eigenvalue weighted by Crippen LogP contribution is -2.49. The van der Waals surface area contributed by atoms with E-state index in [1.165, 1.54) is 0 Å². The molecule has 1 aliphatic rings. The highest BCUT2D eigenvalue weighted by Gasteiger charge is 2.33. The molecule has 6 nitrogen and oxygen atoms in total. The zero-order chi connectivity index (χ0) is 13.4. The van der Waals surface area contributed by atoms with Crippen molar-refractivity contribution in [3.8, 4) is 0 Å². The topological polar surface area (TPSA) is 98.2 Å². The molecular formula is C13H15N3O3. The Balaban J connectivity index is 2.08. The van der Waals surface area contributed by atoms with Gasteiger partial charge in [0.1, 0.15) is 5.82 Å². The van der Waals surface area contributed by atoms with Crippen molar-refractivity contribution in [3.05, 3.63) is 40.4 Å². The maximum absolute atomic E-state index is 12.0. The van der Waals surface area contributed by atoms with E-state index in [2.05, 4.69) is 15.3 Å². The van der Waals surface area contributed by atoms with Crippen LogP contribution in [0.25, 0.3) is 10.9 Å². The van der Waals surface area contributed by atoms with Crippen LogP contribution in [0.15, 0.2) is 29.1 Å². The van der Waals surface area contributed by atoms with Crippen LogP contribution in [-0.2, 0) is 0 Å². The normalized spacial score (nSPS) is 27.6. The lowest BCUT2D eigenvalue weighted by molar-refractivity contribution is -0.0151. The van der Waals surface area contributed by atoms with E-state index in [0.717, 1.165) is 0 Å². The summed E-state index contributed by atoms with van der Waals surface area (Å²) >= 11 is 0. The van der Waals surface area contributed by atoms with Gasteiger partial charge in [0.2, 0.25) is 0 Å². The number of hydrogen-bond acceptors (Lipinski definition) is 5. The van der Waals surface area contributed by atoms with Crippen LogP contribution in [-0.4, -0.2) is 45.5 Å². The molecule has 1 aromatic carbocycles. The highest BCUT2D eigenvalue weighted by Crippen LogP contribution is 2.21. The summed E-state index contributed by atoms with van der Waals surface area (Å²) < 4.78 is 0. The Hall–Kier alpha value is -1.76. The predicted molar refractivity (Wildman–Crippen MR) is 70.0 cm³/mol. The van der Waals surface area contributed by atoms with Crippen LogP contribution in [0.3, 0.4) is 0 Å². The molecule has 6 heteroatoms. The first-order valence-corrected chi connectivity index (χ1v) is 6.22. The minimum atomic E-state index is -0.925. The van der Waals surface area contributed by atoms with E-state index >= 15 is 0 Å². The van der Waals surface area contributed by atoms with Crippen molar-refractivity contribution in [3.63, 3.8) is 0 Å². The van der Waals surface area contributed by atoms with Crippen LogP contribution in [0.1, 0.15) is 11.7 Å². The number of rotatable bonds is 1. The number of aromatic amines is 1. The summed E-state index contributed by atoms with van der Waals surface area (Å²) in [5.74, 6) is -0.0106. The average Bonchev–Trinajstić information content (AvgIpc) is 2.42. The van der Waals surface area contributed by atoms with Gasteiger partial charge < -0.3 is 20.5 Å². The van der Waals surface area contributed by atoms with Crippen LogP contribution in [0.5, 0.6) is 0 Å². The molecule has 3 atom stereocenters. The number of benzene rings is 1. The maximum atomic E-state index is 12.0. The van der Waals surface area contributed by atoms with Crippen molar-refractivity contribution in [2.75, 3.05) is 13.1 Å². The molecule has 19 heavy (non-hydrogen) atoms. The molecule has 0 unspecified atom stereocenters. The molecule has 4 N–H and O–H groups in total. The standard InChI is InChI=1S/C13H15N3O3/c17-10-6-14-5-8(11(10)18)12-15-9-4-2-1-3-7(9)13(19)16-12/h1-4,8,10-11,14,17-18H,5-6H2,(H,15,16,19)/t8-,10-,11-/m1/s1. The van der Waals surface area contributed by atoms with Crippen molar-refractivity contribution < 1.29 is 10.2 Å². The Kier molecular flexibility index (Phi) is 3.06. The second-order valence-electron chi connectivity index (χ2n) is 4.79. The lowest BCUT2D eigenvalue weighted by Gasteiger charge is -2.31. The molecule has 0 spiro atoms. The summed E-state index contributed by atoms with van der Waals surface area (Å²) in [7, 11) is 0. The van der Waals surface area contributed by atoms with Crippen molar-refractivity contribution in [1.29, 1.82) is 0 Å². The van der Waals surface area contributed by atoms with Crippen LogP contribution in [0.4, 0.5) is 0 Å². The van der Waals surface area contributed by atoms with E-state index < -0.39 is 18.1 Å². The van der Waals surface area contributed by atoms with Gasteiger partial charge in [0.15, 0.2) is 0 Å². The quantitative estimate of drug-likeness (QED) is 0.546. The molecule has 0 radical (unpaired) electrons. The number of fused-ring (bicyclic) bond motifs is 1. The van der Waals surface area contributed by atoms with Crippen LogP contribution >= 0.6 is 0 Å². The maximum Gasteiger partial charge on any atom is 0.258 e. The summed E-state index contributed by atoms with van der Waals surface area (Å²) in [5.41, 5.74) is 0.362. The fraction of sp³-hybridized carbons (Fsp3) is 0.385. The molecule has 100 valence electrons. The second kappa shape index (κ2) is 4.73. The minimum Gasteiger partial charge on any atom is -0.390 e. The molecule has 1 fully saturated rings. The number of nitrogens with zero attached hydrogens (tertiary/aromatic N) is 1. The summed E-state index contributed by atoms with van der Waals surface area (Å²) in [5, 5.41) is 23.2. The van der Waals surface area contributed by atoms with E-state index in [-0.39, 0.29) is 5.56 Å². The fourth-order valence-corrected chi connectivity index (χ4v) is 2.43. The van der Waals surface area contributed by atoms with Gasteiger partial charge in [0.25, 0.3) is 5.56 Å². The third-order valence-corrected chi connectivity index (χ3v) is 3.51. The first kappa shape index (κ1) is 12.3. The molecule has 2 heterocycles. The van der Waals surface area contributed by atoms with Gasteiger partial charge in [0.05, 0.1) is 29.0 Å². The van der Waals surface area contributed by atoms with E-state index in [4.69, 9.17) is 0 Å². The van der Waals surface area contributed by atoms with Crippen molar-refractivity contribution in [1.82, 2.24) is 15.3 Å². The molecule has 0 saturated carbocycles. The lowest BCUT2D eigenvalue weighted by atomic mass is 9.93. The number of piperidine rings is 1. The Morgan fingerprint density at radius 3 is 2.84 bits per heavy atom. The molecule has 0 bridgehead atoms. The van der Waals surface area contributed by atoms with Gasteiger partial charge in [-0.05, 0) is 12.1 Å². The second-order valence-corrected chi connectivity index (χ2v) is 4.79. The zero-order valence-corrected chi connectivity index (χ0v) is 10.2. The molecule has 0 amide bonds. The van der Waals surface area contributed by atoms with Gasteiger partial charge in [0, 0.05) is 13.1 Å². The molecule has 1 aliphatic heterocycles. The monoisotopic (exact) mass is 261 g/mol. The Morgan fingerprint density at radius 2 is 2.00 bits per heavy atom. The van der Waals surface area contributed by atoms with E-state index in [9.17, 15) is 15.0 Å². The molecule has 2 aromatic rings. The van der Waals surface area contributed by atoms with Crippen LogP contribution in [0.2, 0.25) is 0 Å². The van der Waals surface area contributed by atoms with E-state index in [1.807, 2.05) is 6.07 Å². The highest BCUT2D eigenvalue weighted by atomic mass is 16.3. The number of hydrogen-bond donors (Lipinski definition) is 4. The fourth-order valence-electron chi connectivity index (χ4n) is 2.43. The summed E-state index contributed by atoms with van der Waals surface area (Å²) in [6, 6.07) is 7.05. The van der Waals surface area contributed by atoms with Crippen LogP contribution in [0, 0.1) is 0 Å². The number of aromatic nitrogens is 2. The van der Waals surface area contributed by atoms with E-state index in [1.54, 1.807) is 18.2 Å². The molecule has 1 saturated heterocycles. The largest absolute Gasteiger partial charge is 0.390 e. The summed E-state index contributed by atoms with van der Waals surface area (Å²) in [4.78, 5) is 19.0. The third kappa shape index (κ3) is 2.14. The third-order valence-electron chi connectivity index (χ3n) is 3.51. The number of aliphatic hydroxyl groups is 2.